The van der Waals surface area contributed by atoms with Crippen LogP contribution in [0.3, 0.4) is 0 Å². The Bertz CT molecular complexity index is 480. The quantitative estimate of drug-likeness (QED) is 0.475. The molecule has 1 rings (SSSR count). The van der Waals surface area contributed by atoms with Crippen LogP contribution in [-0.2, 0) is 9.84 Å². The molecule has 82 valence electrons. The van der Waals surface area contributed by atoms with Crippen molar-refractivity contribution in [3.8, 4) is 0 Å². The van der Waals surface area contributed by atoms with Crippen molar-refractivity contribution in [2.24, 2.45) is 5.16 Å². The Kier molecular flexibility index (Phi) is 3.41. The molecule has 0 aliphatic heterocycles. The fourth-order valence-electron chi connectivity index (χ4n) is 1.14. The summed E-state index contributed by atoms with van der Waals surface area (Å²) < 4.78 is 23.3. The van der Waals surface area contributed by atoms with Gasteiger partial charge in [0.1, 0.15) is 0 Å². The lowest BCUT2D eigenvalue weighted by Crippen LogP contribution is -2.07. The molecule has 15 heavy (non-hydrogen) atoms. The van der Waals surface area contributed by atoms with Gasteiger partial charge >= 0.3 is 0 Å². The summed E-state index contributed by atoms with van der Waals surface area (Å²) in [6.07, 6.45) is 2.59. The molecule has 1 aromatic rings. The fourth-order valence-corrected chi connectivity index (χ4v) is 2.27. The minimum absolute atomic E-state index is 0.0231. The number of rotatable bonds is 3. The highest BCUT2D eigenvalue weighted by Crippen LogP contribution is 2.15. The molecule has 0 bridgehead atoms. The van der Waals surface area contributed by atoms with Crippen molar-refractivity contribution in [2.45, 2.75) is 18.7 Å². The summed E-state index contributed by atoms with van der Waals surface area (Å²) in [5.74, 6) is 0.0231. The van der Waals surface area contributed by atoms with Crippen molar-refractivity contribution in [1.82, 2.24) is 4.98 Å². The highest BCUT2D eigenvalue weighted by Gasteiger charge is 2.15. The first kappa shape index (κ1) is 11.6. The standard InChI is InChI=1S/C9H12N2O3S/c1-3-15(13,14)9-4-8(6-11-12)5-10-7(9)2/h4-6,12H,3H2,1-2H3/b11-6+. The number of aryl methyl sites for hydroxylation is 1. The van der Waals surface area contributed by atoms with E-state index in [1.807, 2.05) is 0 Å². The maximum absolute atomic E-state index is 11.6. The maximum atomic E-state index is 11.6. The third-order valence-electron chi connectivity index (χ3n) is 1.98. The number of pyridine rings is 1. The highest BCUT2D eigenvalue weighted by atomic mass is 32.2. The van der Waals surface area contributed by atoms with Crippen LogP contribution >= 0.6 is 0 Å². The normalized spacial score (nSPS) is 12.1. The van der Waals surface area contributed by atoms with Crippen LogP contribution < -0.4 is 0 Å². The average molecular weight is 228 g/mol. The molecule has 0 saturated carbocycles. The van der Waals surface area contributed by atoms with E-state index in [1.54, 1.807) is 13.8 Å². The molecule has 0 amide bonds. The van der Waals surface area contributed by atoms with Gasteiger partial charge in [0.2, 0.25) is 0 Å². The average Bonchev–Trinajstić information content (AvgIpc) is 2.21. The van der Waals surface area contributed by atoms with E-state index in [-0.39, 0.29) is 10.6 Å². The van der Waals surface area contributed by atoms with E-state index in [0.717, 1.165) is 6.21 Å². The Labute approximate surface area is 88.4 Å². The van der Waals surface area contributed by atoms with Crippen molar-refractivity contribution < 1.29 is 13.6 Å². The van der Waals surface area contributed by atoms with E-state index >= 15 is 0 Å². The number of aromatic nitrogens is 1. The van der Waals surface area contributed by atoms with Crippen molar-refractivity contribution in [3.63, 3.8) is 0 Å². The van der Waals surface area contributed by atoms with Crippen molar-refractivity contribution in [2.75, 3.05) is 5.75 Å². The van der Waals surface area contributed by atoms with E-state index in [2.05, 4.69) is 10.1 Å². The first-order chi connectivity index (χ1) is 7.01. The summed E-state index contributed by atoms with van der Waals surface area (Å²) in [6, 6.07) is 1.45. The zero-order valence-electron chi connectivity index (χ0n) is 8.51. The summed E-state index contributed by atoms with van der Waals surface area (Å²) in [5, 5.41) is 11.2. The molecule has 1 N–H and O–H groups in total. The van der Waals surface area contributed by atoms with Gasteiger partial charge in [-0.3, -0.25) is 4.98 Å². The van der Waals surface area contributed by atoms with Crippen LogP contribution in [-0.4, -0.2) is 30.6 Å². The molecule has 0 saturated heterocycles. The Morgan fingerprint density at radius 2 is 2.27 bits per heavy atom. The summed E-state index contributed by atoms with van der Waals surface area (Å²) in [7, 11) is -3.28. The zero-order chi connectivity index (χ0) is 11.5. The number of hydrogen-bond donors (Lipinski definition) is 1. The van der Waals surface area contributed by atoms with E-state index in [1.165, 1.54) is 12.3 Å². The van der Waals surface area contributed by atoms with Crippen molar-refractivity contribution >= 4 is 16.1 Å². The lowest BCUT2D eigenvalue weighted by atomic mass is 10.3. The predicted molar refractivity (Wildman–Crippen MR) is 56.1 cm³/mol. The molecule has 0 spiro atoms. The largest absolute Gasteiger partial charge is 0.411 e. The second-order valence-corrected chi connectivity index (χ2v) is 5.25. The molecule has 0 atom stereocenters. The molecule has 1 aromatic heterocycles. The van der Waals surface area contributed by atoms with Gasteiger partial charge in [0.15, 0.2) is 9.84 Å². The number of nitrogens with zero attached hydrogens (tertiary/aromatic N) is 2. The van der Waals surface area contributed by atoms with Gasteiger partial charge in [-0.15, -0.1) is 0 Å². The lowest BCUT2D eigenvalue weighted by molar-refractivity contribution is 0.322. The van der Waals surface area contributed by atoms with Gasteiger partial charge in [0, 0.05) is 11.8 Å². The maximum Gasteiger partial charge on any atom is 0.179 e. The summed E-state index contributed by atoms with van der Waals surface area (Å²) in [4.78, 5) is 4.11. The summed E-state index contributed by atoms with van der Waals surface area (Å²) >= 11 is 0. The summed E-state index contributed by atoms with van der Waals surface area (Å²) in [5.41, 5.74) is 0.905. The molecule has 0 aromatic carbocycles. The fraction of sp³-hybridized carbons (Fsp3) is 0.333. The molecule has 1 heterocycles. The molecule has 0 fully saturated rings. The van der Waals surface area contributed by atoms with Gasteiger partial charge < -0.3 is 5.21 Å². The molecule has 0 aliphatic carbocycles. The van der Waals surface area contributed by atoms with Gasteiger partial charge in [-0.05, 0) is 13.0 Å². The second kappa shape index (κ2) is 4.39. The monoisotopic (exact) mass is 228 g/mol. The Hall–Kier alpha value is -1.43. The Morgan fingerprint density at radius 3 is 2.80 bits per heavy atom. The number of sulfone groups is 1. The van der Waals surface area contributed by atoms with Gasteiger partial charge in [0.25, 0.3) is 0 Å². The van der Waals surface area contributed by atoms with E-state index < -0.39 is 9.84 Å². The van der Waals surface area contributed by atoms with Crippen LogP contribution in [0.5, 0.6) is 0 Å². The van der Waals surface area contributed by atoms with Gasteiger partial charge in [-0.25, -0.2) is 8.42 Å². The van der Waals surface area contributed by atoms with E-state index in [4.69, 9.17) is 5.21 Å². The minimum atomic E-state index is -3.28. The molecule has 0 aliphatic rings. The number of oxime groups is 1. The van der Waals surface area contributed by atoms with Crippen LogP contribution in [0.1, 0.15) is 18.2 Å². The van der Waals surface area contributed by atoms with Gasteiger partial charge in [0.05, 0.1) is 22.6 Å². The van der Waals surface area contributed by atoms with Crippen LogP contribution in [0.15, 0.2) is 22.3 Å². The third kappa shape index (κ3) is 2.53. The third-order valence-corrected chi connectivity index (χ3v) is 3.83. The van der Waals surface area contributed by atoms with Gasteiger partial charge in [-0.2, -0.15) is 0 Å². The van der Waals surface area contributed by atoms with E-state index in [9.17, 15) is 8.42 Å². The Balaban J connectivity index is 3.35. The first-order valence-electron chi connectivity index (χ1n) is 4.38. The van der Waals surface area contributed by atoms with Crippen LogP contribution in [0.25, 0.3) is 0 Å². The molecular weight excluding hydrogens is 216 g/mol. The van der Waals surface area contributed by atoms with Crippen molar-refractivity contribution in [3.05, 3.63) is 23.5 Å². The highest BCUT2D eigenvalue weighted by molar-refractivity contribution is 7.91. The molecule has 5 nitrogen and oxygen atoms in total. The second-order valence-electron chi connectivity index (χ2n) is 3.00. The first-order valence-corrected chi connectivity index (χ1v) is 6.03. The van der Waals surface area contributed by atoms with Gasteiger partial charge in [-0.1, -0.05) is 12.1 Å². The summed E-state index contributed by atoms with van der Waals surface area (Å²) in [6.45, 7) is 3.20. The minimum Gasteiger partial charge on any atom is -0.411 e. The Morgan fingerprint density at radius 1 is 1.60 bits per heavy atom. The van der Waals surface area contributed by atoms with Crippen molar-refractivity contribution in [1.29, 1.82) is 0 Å². The van der Waals surface area contributed by atoms with Crippen LogP contribution in [0, 0.1) is 6.92 Å². The lowest BCUT2D eigenvalue weighted by Gasteiger charge is -2.05. The molecule has 0 unspecified atom stereocenters. The smallest absolute Gasteiger partial charge is 0.179 e. The van der Waals surface area contributed by atoms with Crippen LogP contribution in [0.2, 0.25) is 0 Å². The topological polar surface area (TPSA) is 79.6 Å². The SMILES string of the molecule is CCS(=O)(=O)c1cc(/C=N/O)cnc1C. The van der Waals surface area contributed by atoms with E-state index in [0.29, 0.717) is 11.3 Å². The molecular formula is C9H12N2O3S. The zero-order valence-corrected chi connectivity index (χ0v) is 9.32. The van der Waals surface area contributed by atoms with Crippen LogP contribution in [0.4, 0.5) is 0 Å². The predicted octanol–water partition coefficient (Wildman–Crippen LogP) is 0.992. The number of hydrogen-bond acceptors (Lipinski definition) is 5. The molecule has 6 heteroatoms. The molecule has 0 radical (unpaired) electrons.